The highest BCUT2D eigenvalue weighted by molar-refractivity contribution is 4.73. The Bertz CT molecular complexity index is 124. The molecular formula is C10H21NO2. The first-order chi connectivity index (χ1) is 6.36. The van der Waals surface area contributed by atoms with Crippen molar-refractivity contribution in [3.8, 4) is 0 Å². The zero-order valence-electron chi connectivity index (χ0n) is 8.21. The summed E-state index contributed by atoms with van der Waals surface area (Å²) >= 11 is 0. The lowest BCUT2D eigenvalue weighted by molar-refractivity contribution is 0.196. The fraction of sp³-hybridized carbons (Fsp3) is 1.00. The van der Waals surface area contributed by atoms with Crippen LogP contribution in [0, 0.1) is 5.92 Å². The average molecular weight is 187 g/mol. The van der Waals surface area contributed by atoms with Crippen molar-refractivity contribution in [2.24, 2.45) is 5.92 Å². The number of hydrogen-bond donors (Lipinski definition) is 3. The second kappa shape index (κ2) is 6.35. The maximum atomic E-state index is 8.96. The molecule has 0 heterocycles. The van der Waals surface area contributed by atoms with Gasteiger partial charge in [-0.25, -0.2) is 0 Å². The van der Waals surface area contributed by atoms with E-state index in [-0.39, 0.29) is 19.3 Å². The summed E-state index contributed by atoms with van der Waals surface area (Å²) in [7, 11) is 0. The van der Waals surface area contributed by atoms with Crippen LogP contribution in [0.2, 0.25) is 0 Å². The van der Waals surface area contributed by atoms with Crippen LogP contribution in [0.15, 0.2) is 0 Å². The summed E-state index contributed by atoms with van der Waals surface area (Å²) in [6, 6.07) is 0.0885. The summed E-state index contributed by atoms with van der Waals surface area (Å²) in [6.45, 7) is 1.29. The normalized spacial score (nSPS) is 20.8. The molecule has 0 aliphatic heterocycles. The zero-order valence-corrected chi connectivity index (χ0v) is 8.21. The lowest BCUT2D eigenvalue weighted by Gasteiger charge is -2.17. The van der Waals surface area contributed by atoms with Gasteiger partial charge in [-0.1, -0.05) is 12.8 Å². The Balaban J connectivity index is 2.07. The minimum atomic E-state index is 0.0885. The molecular weight excluding hydrogens is 166 g/mol. The molecule has 3 nitrogen and oxygen atoms in total. The van der Waals surface area contributed by atoms with Crippen LogP contribution in [0.1, 0.15) is 32.1 Å². The van der Waals surface area contributed by atoms with Crippen LogP contribution in [-0.2, 0) is 0 Å². The molecule has 0 bridgehead atoms. The summed E-state index contributed by atoms with van der Waals surface area (Å²) in [6.07, 6.45) is 6.02. The van der Waals surface area contributed by atoms with Gasteiger partial charge in [-0.3, -0.25) is 0 Å². The van der Waals surface area contributed by atoms with Crippen molar-refractivity contribution < 1.29 is 10.2 Å². The highest BCUT2D eigenvalue weighted by atomic mass is 16.3. The average Bonchev–Trinajstić information content (AvgIpc) is 2.64. The van der Waals surface area contributed by atoms with E-state index in [1.54, 1.807) is 0 Å². The van der Waals surface area contributed by atoms with Crippen LogP contribution in [0.5, 0.6) is 0 Å². The largest absolute Gasteiger partial charge is 0.396 e. The number of rotatable bonds is 6. The smallest absolute Gasteiger partial charge is 0.0585 e. The minimum Gasteiger partial charge on any atom is -0.396 e. The van der Waals surface area contributed by atoms with Crippen molar-refractivity contribution >= 4 is 0 Å². The molecule has 0 saturated heterocycles. The second-order valence-corrected chi connectivity index (χ2v) is 3.95. The summed E-state index contributed by atoms with van der Waals surface area (Å²) in [5.74, 6) is 0.799. The summed E-state index contributed by atoms with van der Waals surface area (Å²) in [4.78, 5) is 0. The molecule has 1 rings (SSSR count). The summed E-state index contributed by atoms with van der Waals surface area (Å²) in [5.41, 5.74) is 0. The third kappa shape index (κ3) is 4.07. The van der Waals surface area contributed by atoms with Gasteiger partial charge in [0.25, 0.3) is 0 Å². The fourth-order valence-corrected chi connectivity index (χ4v) is 1.96. The standard InChI is InChI=1S/C10H21NO2/c12-6-5-10(8-13)11-7-9-3-1-2-4-9/h9-13H,1-8H2. The minimum absolute atomic E-state index is 0.0885. The van der Waals surface area contributed by atoms with Gasteiger partial charge < -0.3 is 15.5 Å². The van der Waals surface area contributed by atoms with Crippen LogP contribution < -0.4 is 5.32 Å². The van der Waals surface area contributed by atoms with Gasteiger partial charge in [0.05, 0.1) is 6.61 Å². The number of aliphatic hydroxyl groups is 2. The van der Waals surface area contributed by atoms with E-state index >= 15 is 0 Å². The fourth-order valence-electron chi connectivity index (χ4n) is 1.96. The van der Waals surface area contributed by atoms with Crippen LogP contribution in [0.3, 0.4) is 0 Å². The van der Waals surface area contributed by atoms with Gasteiger partial charge in [-0.15, -0.1) is 0 Å². The Hall–Kier alpha value is -0.120. The lowest BCUT2D eigenvalue weighted by atomic mass is 10.1. The molecule has 1 aliphatic carbocycles. The van der Waals surface area contributed by atoms with Gasteiger partial charge in [0.1, 0.15) is 0 Å². The lowest BCUT2D eigenvalue weighted by Crippen LogP contribution is -2.36. The van der Waals surface area contributed by atoms with Gasteiger partial charge in [0.2, 0.25) is 0 Å². The van der Waals surface area contributed by atoms with Crippen molar-refractivity contribution in [1.29, 1.82) is 0 Å². The van der Waals surface area contributed by atoms with E-state index in [1.165, 1.54) is 25.7 Å². The topological polar surface area (TPSA) is 52.5 Å². The van der Waals surface area contributed by atoms with Gasteiger partial charge in [0.15, 0.2) is 0 Å². The molecule has 0 radical (unpaired) electrons. The molecule has 78 valence electrons. The Kier molecular flexibility index (Phi) is 5.35. The third-order valence-corrected chi connectivity index (χ3v) is 2.87. The molecule has 13 heavy (non-hydrogen) atoms. The molecule has 0 amide bonds. The first-order valence-corrected chi connectivity index (χ1v) is 5.32. The van der Waals surface area contributed by atoms with Crippen molar-refractivity contribution in [2.75, 3.05) is 19.8 Å². The molecule has 1 aliphatic rings. The van der Waals surface area contributed by atoms with Crippen LogP contribution in [0.25, 0.3) is 0 Å². The number of nitrogens with one attached hydrogen (secondary N) is 1. The van der Waals surface area contributed by atoms with Crippen molar-refractivity contribution in [1.82, 2.24) is 5.32 Å². The monoisotopic (exact) mass is 187 g/mol. The molecule has 0 aromatic rings. The molecule has 1 unspecified atom stereocenters. The predicted molar refractivity (Wildman–Crippen MR) is 52.5 cm³/mol. The Morgan fingerprint density at radius 3 is 2.46 bits per heavy atom. The first kappa shape index (κ1) is 11.0. The second-order valence-electron chi connectivity index (χ2n) is 3.95. The van der Waals surface area contributed by atoms with Gasteiger partial charge in [0, 0.05) is 12.6 Å². The van der Waals surface area contributed by atoms with E-state index in [4.69, 9.17) is 10.2 Å². The molecule has 0 aromatic carbocycles. The van der Waals surface area contributed by atoms with Crippen LogP contribution in [-0.4, -0.2) is 36.0 Å². The summed E-state index contributed by atoms with van der Waals surface area (Å²) < 4.78 is 0. The number of hydrogen-bond acceptors (Lipinski definition) is 3. The Labute approximate surface area is 80.2 Å². The quantitative estimate of drug-likeness (QED) is 0.568. The third-order valence-electron chi connectivity index (χ3n) is 2.87. The summed E-state index contributed by atoms with van der Waals surface area (Å²) in [5, 5.41) is 21.0. The predicted octanol–water partition coefficient (Wildman–Crippen LogP) is 0.509. The van der Waals surface area contributed by atoms with Gasteiger partial charge in [-0.2, -0.15) is 0 Å². The van der Waals surface area contributed by atoms with E-state index in [0.29, 0.717) is 6.42 Å². The highest BCUT2D eigenvalue weighted by Crippen LogP contribution is 2.23. The van der Waals surface area contributed by atoms with Crippen LogP contribution >= 0.6 is 0 Å². The molecule has 3 heteroatoms. The molecule has 0 aromatic heterocycles. The van der Waals surface area contributed by atoms with E-state index in [1.807, 2.05) is 0 Å². The maximum Gasteiger partial charge on any atom is 0.0585 e. The van der Waals surface area contributed by atoms with Crippen LogP contribution in [0.4, 0.5) is 0 Å². The molecule has 0 spiro atoms. The Morgan fingerprint density at radius 2 is 1.92 bits per heavy atom. The zero-order chi connectivity index (χ0) is 9.52. The van der Waals surface area contributed by atoms with E-state index in [9.17, 15) is 0 Å². The number of aliphatic hydroxyl groups excluding tert-OH is 2. The molecule has 1 atom stereocenters. The first-order valence-electron chi connectivity index (χ1n) is 5.32. The maximum absolute atomic E-state index is 8.96. The molecule has 1 fully saturated rings. The SMILES string of the molecule is OCCC(CO)NCC1CCCC1. The van der Waals surface area contributed by atoms with Gasteiger partial charge in [-0.05, 0) is 31.7 Å². The molecule has 1 saturated carbocycles. The van der Waals surface area contributed by atoms with Crippen molar-refractivity contribution in [2.45, 2.75) is 38.1 Å². The van der Waals surface area contributed by atoms with Crippen molar-refractivity contribution in [3.63, 3.8) is 0 Å². The van der Waals surface area contributed by atoms with E-state index in [0.717, 1.165) is 12.5 Å². The van der Waals surface area contributed by atoms with E-state index < -0.39 is 0 Å². The Morgan fingerprint density at radius 1 is 1.23 bits per heavy atom. The van der Waals surface area contributed by atoms with Crippen molar-refractivity contribution in [3.05, 3.63) is 0 Å². The van der Waals surface area contributed by atoms with E-state index in [2.05, 4.69) is 5.32 Å². The van der Waals surface area contributed by atoms with Gasteiger partial charge >= 0.3 is 0 Å². The highest BCUT2D eigenvalue weighted by Gasteiger charge is 2.16. The molecule has 3 N–H and O–H groups in total.